The number of fused-ring (bicyclic) bond motifs is 2. The summed E-state index contributed by atoms with van der Waals surface area (Å²) in [6.45, 7) is 2.16. The minimum atomic E-state index is -0.586. The predicted octanol–water partition coefficient (Wildman–Crippen LogP) is 4.28. The van der Waals surface area contributed by atoms with Crippen molar-refractivity contribution < 1.29 is 4.39 Å². The summed E-state index contributed by atoms with van der Waals surface area (Å²) in [5.41, 5.74) is 5.09. The fraction of sp³-hybridized carbons (Fsp3) is 0.333. The Morgan fingerprint density at radius 2 is 1.94 bits per heavy atom. The molecule has 5 heterocycles. The van der Waals surface area contributed by atoms with Crippen LogP contribution in [-0.2, 0) is 13.1 Å². The van der Waals surface area contributed by atoms with Crippen LogP contribution >= 0.6 is 0 Å². The zero-order chi connectivity index (χ0) is 24.1. The molecule has 3 saturated carbocycles. The summed E-state index contributed by atoms with van der Waals surface area (Å²) in [7, 11) is 0. The van der Waals surface area contributed by atoms with Crippen molar-refractivity contribution in [3.63, 3.8) is 0 Å². The Bertz CT molecular complexity index is 1510. The molecule has 3 aliphatic carbocycles. The van der Waals surface area contributed by atoms with Crippen LogP contribution in [0.15, 0.2) is 67.6 Å². The smallest absolute Gasteiger partial charge is 0.182 e. The zero-order valence-corrected chi connectivity index (χ0v) is 19.8. The molecule has 2 N–H and O–H groups in total. The van der Waals surface area contributed by atoms with E-state index in [1.54, 1.807) is 17.2 Å². The van der Waals surface area contributed by atoms with Crippen molar-refractivity contribution in [3.8, 4) is 17.1 Å². The quantitative estimate of drug-likeness (QED) is 0.345. The molecule has 0 radical (unpaired) electrons. The van der Waals surface area contributed by atoms with Gasteiger partial charge in [-0.25, -0.2) is 14.1 Å². The highest BCUT2D eigenvalue weighted by Crippen LogP contribution is 2.59. The van der Waals surface area contributed by atoms with Gasteiger partial charge in [-0.2, -0.15) is 5.10 Å². The van der Waals surface area contributed by atoms with E-state index in [1.165, 1.54) is 0 Å². The van der Waals surface area contributed by atoms with Crippen LogP contribution in [0.4, 0.5) is 4.39 Å². The fourth-order valence-corrected chi connectivity index (χ4v) is 5.91. The van der Waals surface area contributed by atoms with Crippen LogP contribution < -0.4 is 5.32 Å². The van der Waals surface area contributed by atoms with Gasteiger partial charge in [-0.3, -0.25) is 9.97 Å². The number of halogens is 1. The lowest BCUT2D eigenvalue weighted by atomic mass is 9.69. The molecule has 1 atom stereocenters. The van der Waals surface area contributed by atoms with Crippen LogP contribution in [0.3, 0.4) is 0 Å². The van der Waals surface area contributed by atoms with E-state index in [4.69, 9.17) is 0 Å². The topological polar surface area (TPSA) is 89.2 Å². The first-order valence-corrected chi connectivity index (χ1v) is 12.4. The number of alkyl halides is 1. The minimum absolute atomic E-state index is 0.196. The van der Waals surface area contributed by atoms with Crippen LogP contribution in [0.5, 0.6) is 0 Å². The molecule has 36 heavy (non-hydrogen) atoms. The van der Waals surface area contributed by atoms with Crippen molar-refractivity contribution in [1.82, 2.24) is 39.6 Å². The van der Waals surface area contributed by atoms with Gasteiger partial charge in [0.05, 0.1) is 24.1 Å². The summed E-state index contributed by atoms with van der Waals surface area (Å²) in [5.74, 6) is 0.946. The third-order valence-electron chi connectivity index (χ3n) is 7.71. The van der Waals surface area contributed by atoms with Crippen molar-refractivity contribution in [3.05, 3.63) is 79.0 Å². The summed E-state index contributed by atoms with van der Waals surface area (Å²) in [5, 5.41) is 9.27. The maximum atomic E-state index is 13.8. The summed E-state index contributed by atoms with van der Waals surface area (Å²) in [6, 6.07) is 10.2. The number of hydrogen-bond acceptors (Lipinski definition) is 5. The third kappa shape index (κ3) is 3.89. The molecule has 0 saturated heterocycles. The van der Waals surface area contributed by atoms with E-state index in [0.29, 0.717) is 18.3 Å². The second-order valence-electron chi connectivity index (χ2n) is 10.3. The van der Waals surface area contributed by atoms with Crippen molar-refractivity contribution in [2.24, 2.45) is 11.3 Å². The molecule has 5 aromatic rings. The molecule has 0 unspecified atom stereocenters. The van der Waals surface area contributed by atoms with Gasteiger partial charge in [0, 0.05) is 60.0 Å². The standard InChI is InChI=1S/C27H27FN8/c28-24-10-27(8-20(24)9-27)16-30-13-21-5-18-12-31-22(7-25(18)33-21)15-36-17-32-26(34-36)19-6-23(14-29-11-19)35-3-1-2-4-35/h1-7,11-12,14,17,20,24,30,33H,8-10,13,15-16H2/t20?,24-,27?/m0/s1. The van der Waals surface area contributed by atoms with Gasteiger partial charge in [-0.1, -0.05) is 0 Å². The second kappa shape index (κ2) is 8.37. The first-order chi connectivity index (χ1) is 17.6. The Morgan fingerprint density at radius 3 is 2.78 bits per heavy atom. The molecule has 5 aromatic heterocycles. The molecule has 8 nitrogen and oxygen atoms in total. The Morgan fingerprint density at radius 1 is 1.06 bits per heavy atom. The highest BCUT2D eigenvalue weighted by atomic mass is 19.1. The maximum Gasteiger partial charge on any atom is 0.182 e. The van der Waals surface area contributed by atoms with Gasteiger partial charge in [0.15, 0.2) is 5.82 Å². The van der Waals surface area contributed by atoms with Gasteiger partial charge in [-0.05, 0) is 60.9 Å². The molecule has 0 aliphatic heterocycles. The summed E-state index contributed by atoms with van der Waals surface area (Å²) in [6.07, 6.45) is 13.4. The SMILES string of the molecule is F[C@H]1CC2(CNCc3cc4cnc(Cn5cnc(-c6cncc(-n7cccc7)c6)n5)cc4[nH]3)CC1C2. The Labute approximate surface area is 207 Å². The number of aromatic nitrogens is 7. The zero-order valence-electron chi connectivity index (χ0n) is 19.8. The van der Waals surface area contributed by atoms with Crippen LogP contribution in [0.25, 0.3) is 28.0 Å². The van der Waals surface area contributed by atoms with Gasteiger partial charge in [0.2, 0.25) is 0 Å². The highest BCUT2D eigenvalue weighted by molar-refractivity contribution is 5.79. The molecule has 0 aromatic carbocycles. The second-order valence-corrected chi connectivity index (χ2v) is 10.3. The lowest BCUT2D eigenvalue weighted by molar-refractivity contribution is 0.130. The number of pyridine rings is 2. The summed E-state index contributed by atoms with van der Waals surface area (Å²) in [4.78, 5) is 17.0. The molecule has 2 bridgehead atoms. The van der Waals surface area contributed by atoms with Gasteiger partial charge < -0.3 is 14.9 Å². The monoisotopic (exact) mass is 482 g/mol. The third-order valence-corrected chi connectivity index (χ3v) is 7.71. The van der Waals surface area contributed by atoms with Gasteiger partial charge in [0.1, 0.15) is 12.5 Å². The van der Waals surface area contributed by atoms with Crippen molar-refractivity contribution in [2.45, 2.75) is 38.5 Å². The lowest BCUT2D eigenvalue weighted by Gasteiger charge is -2.38. The largest absolute Gasteiger partial charge is 0.357 e. The number of nitrogens with one attached hydrogen (secondary N) is 2. The van der Waals surface area contributed by atoms with Gasteiger partial charge in [-0.15, -0.1) is 0 Å². The van der Waals surface area contributed by atoms with Crippen LogP contribution in [0, 0.1) is 11.3 Å². The number of hydrogen-bond donors (Lipinski definition) is 2. The van der Waals surface area contributed by atoms with Crippen LogP contribution in [0.2, 0.25) is 0 Å². The fourth-order valence-electron chi connectivity index (χ4n) is 5.91. The van der Waals surface area contributed by atoms with E-state index in [2.05, 4.69) is 42.5 Å². The molecular weight excluding hydrogens is 455 g/mol. The summed E-state index contributed by atoms with van der Waals surface area (Å²) >= 11 is 0. The molecular formula is C27H27FN8. The van der Waals surface area contributed by atoms with Crippen molar-refractivity contribution >= 4 is 10.9 Å². The predicted molar refractivity (Wildman–Crippen MR) is 134 cm³/mol. The average molecular weight is 483 g/mol. The van der Waals surface area contributed by atoms with Crippen LogP contribution in [-0.4, -0.2) is 47.0 Å². The minimum Gasteiger partial charge on any atom is -0.357 e. The van der Waals surface area contributed by atoms with E-state index in [0.717, 1.165) is 65.9 Å². The van der Waals surface area contributed by atoms with E-state index in [1.807, 2.05) is 47.6 Å². The Balaban J connectivity index is 1.02. The number of rotatable bonds is 8. The summed E-state index contributed by atoms with van der Waals surface area (Å²) < 4.78 is 17.6. The number of nitrogens with zero attached hydrogens (tertiary/aromatic N) is 6. The van der Waals surface area contributed by atoms with E-state index in [-0.39, 0.29) is 5.41 Å². The van der Waals surface area contributed by atoms with Crippen molar-refractivity contribution in [1.29, 1.82) is 0 Å². The number of H-pyrrole nitrogens is 1. The molecule has 0 amide bonds. The van der Waals surface area contributed by atoms with Gasteiger partial charge >= 0.3 is 0 Å². The van der Waals surface area contributed by atoms with E-state index < -0.39 is 6.17 Å². The van der Waals surface area contributed by atoms with Crippen molar-refractivity contribution in [2.75, 3.05) is 6.54 Å². The molecule has 3 fully saturated rings. The lowest BCUT2D eigenvalue weighted by Crippen LogP contribution is -2.38. The molecule has 9 heteroatoms. The van der Waals surface area contributed by atoms with Gasteiger partial charge in [0.25, 0.3) is 0 Å². The Kier molecular flexibility index (Phi) is 4.99. The van der Waals surface area contributed by atoms with Crippen LogP contribution in [0.1, 0.15) is 30.7 Å². The highest BCUT2D eigenvalue weighted by Gasteiger charge is 2.55. The maximum absolute atomic E-state index is 13.8. The molecule has 0 spiro atoms. The molecule has 8 rings (SSSR count). The molecule has 182 valence electrons. The first-order valence-electron chi connectivity index (χ1n) is 12.4. The number of aromatic amines is 1. The first kappa shape index (κ1) is 21.4. The Hall–Kier alpha value is -3.85. The van der Waals surface area contributed by atoms with E-state index in [9.17, 15) is 4.39 Å². The van der Waals surface area contributed by atoms with E-state index >= 15 is 0 Å². The average Bonchev–Trinajstić information content (AvgIpc) is 3.68. The molecule has 3 aliphatic rings. The normalized spacial score (nSPS) is 22.8.